The first-order chi connectivity index (χ1) is 20.7. The van der Waals surface area contributed by atoms with Gasteiger partial charge in [-0.25, -0.2) is 8.42 Å². The van der Waals surface area contributed by atoms with Gasteiger partial charge in [0.15, 0.2) is 0 Å². The Morgan fingerprint density at radius 3 is 2.50 bits per heavy atom. The molecule has 3 N–H and O–H groups in total. The molecule has 5 unspecified atom stereocenters. The van der Waals surface area contributed by atoms with Gasteiger partial charge >= 0.3 is 0 Å². The van der Waals surface area contributed by atoms with Crippen LogP contribution in [0.3, 0.4) is 0 Å². The maximum absolute atomic E-state index is 13.9. The van der Waals surface area contributed by atoms with Crippen LogP contribution in [0.5, 0.6) is 0 Å². The summed E-state index contributed by atoms with van der Waals surface area (Å²) in [6.45, 7) is 17.7. The Morgan fingerprint density at radius 1 is 1.09 bits per heavy atom. The Labute approximate surface area is 265 Å². The second kappa shape index (κ2) is 13.5. The van der Waals surface area contributed by atoms with E-state index < -0.39 is 21.6 Å². The molecule has 2 aromatic rings. The van der Waals surface area contributed by atoms with Gasteiger partial charge in [0.05, 0.1) is 17.6 Å². The number of sulfonamides is 1. The van der Waals surface area contributed by atoms with E-state index >= 15 is 0 Å². The molecule has 0 spiro atoms. The van der Waals surface area contributed by atoms with E-state index in [1.165, 1.54) is 22.3 Å². The Kier molecular flexibility index (Phi) is 10.3. The minimum atomic E-state index is -3.57. The maximum Gasteiger partial charge on any atom is 0.216 e. The number of hydrogen-bond donors (Lipinski definition) is 3. The molecule has 10 heteroatoms. The number of rotatable bonds is 5. The summed E-state index contributed by atoms with van der Waals surface area (Å²) in [5, 5.41) is 11.5. The first-order valence-electron chi connectivity index (χ1n) is 16.7. The average molecular weight is 629 g/mol. The molecule has 5 rings (SSSR count). The third kappa shape index (κ3) is 7.93. The van der Waals surface area contributed by atoms with Gasteiger partial charge in [0.1, 0.15) is 12.5 Å². The molecule has 6 atom stereocenters. The SMILES string of the molecule is Cc1cccc(C)c1C1CC2NC(N1)NS(=O)(=O)C1CCCC(C1)CN(Cc1cn(C)nc1C(C)(C)C)[C@H](CC(C)C)CO2. The number of hydrogen-bond acceptors (Lipinski definition) is 7. The molecule has 246 valence electrons. The van der Waals surface area contributed by atoms with E-state index in [2.05, 4.69) is 93.1 Å². The quantitative estimate of drug-likeness (QED) is 0.429. The van der Waals surface area contributed by atoms with Gasteiger partial charge in [0.25, 0.3) is 0 Å². The largest absolute Gasteiger partial charge is 0.362 e. The number of aryl methyl sites for hydroxylation is 3. The fourth-order valence-corrected chi connectivity index (χ4v) is 9.43. The van der Waals surface area contributed by atoms with Gasteiger partial charge in [-0.05, 0) is 68.1 Å². The fraction of sp³-hybridized carbons (Fsp3) is 0.735. The molecular formula is C34H56N6O3S. The molecule has 44 heavy (non-hydrogen) atoms. The van der Waals surface area contributed by atoms with Gasteiger partial charge in [-0.3, -0.25) is 20.2 Å². The highest BCUT2D eigenvalue weighted by molar-refractivity contribution is 7.90. The fourth-order valence-electron chi connectivity index (χ4n) is 7.77. The Balaban J connectivity index is 1.51. The topological polar surface area (TPSA) is 101 Å². The summed E-state index contributed by atoms with van der Waals surface area (Å²) < 4.78 is 39.5. The third-order valence-corrected chi connectivity index (χ3v) is 11.6. The van der Waals surface area contributed by atoms with Crippen molar-refractivity contribution in [2.24, 2.45) is 18.9 Å². The number of nitrogens with one attached hydrogen (secondary N) is 3. The van der Waals surface area contributed by atoms with E-state index in [0.29, 0.717) is 37.7 Å². The molecule has 2 saturated heterocycles. The van der Waals surface area contributed by atoms with Crippen molar-refractivity contribution in [2.75, 3.05) is 13.2 Å². The molecular weight excluding hydrogens is 572 g/mol. The summed E-state index contributed by atoms with van der Waals surface area (Å²) in [6, 6.07) is 6.50. The van der Waals surface area contributed by atoms with Crippen LogP contribution in [0.4, 0.5) is 0 Å². The monoisotopic (exact) mass is 628 g/mol. The molecule has 1 aliphatic carbocycles. The molecule has 2 aliphatic heterocycles. The maximum atomic E-state index is 13.9. The van der Waals surface area contributed by atoms with Crippen LogP contribution in [-0.4, -0.2) is 60.1 Å². The van der Waals surface area contributed by atoms with Crippen molar-refractivity contribution in [1.29, 1.82) is 0 Å². The Morgan fingerprint density at radius 2 is 1.82 bits per heavy atom. The first kappa shape index (κ1) is 33.5. The van der Waals surface area contributed by atoms with Crippen LogP contribution in [0.1, 0.15) is 107 Å². The summed E-state index contributed by atoms with van der Waals surface area (Å²) in [6.07, 6.45) is 6.33. The van der Waals surface area contributed by atoms with Crippen molar-refractivity contribution in [1.82, 2.24) is 30.0 Å². The number of ether oxygens (including phenoxy) is 1. The molecule has 1 aromatic carbocycles. The van der Waals surface area contributed by atoms with Crippen molar-refractivity contribution in [3.8, 4) is 0 Å². The van der Waals surface area contributed by atoms with Crippen LogP contribution in [0.15, 0.2) is 24.4 Å². The van der Waals surface area contributed by atoms with Crippen molar-refractivity contribution in [2.45, 2.75) is 129 Å². The first-order valence-corrected chi connectivity index (χ1v) is 18.2. The summed E-state index contributed by atoms with van der Waals surface area (Å²) in [5.41, 5.74) is 5.92. The smallest absolute Gasteiger partial charge is 0.216 e. The lowest BCUT2D eigenvalue weighted by atomic mass is 9.87. The Hall–Kier alpha value is -1.82. The number of benzene rings is 1. The molecule has 0 radical (unpaired) electrons. The number of aromatic nitrogens is 2. The molecule has 1 aromatic heterocycles. The van der Waals surface area contributed by atoms with Gasteiger partial charge in [-0.15, -0.1) is 0 Å². The van der Waals surface area contributed by atoms with Crippen LogP contribution in [0, 0.1) is 25.7 Å². The van der Waals surface area contributed by atoms with Gasteiger partial charge in [-0.1, -0.05) is 59.2 Å². The zero-order valence-electron chi connectivity index (χ0n) is 28.2. The van der Waals surface area contributed by atoms with Crippen molar-refractivity contribution < 1.29 is 13.2 Å². The summed E-state index contributed by atoms with van der Waals surface area (Å²) in [7, 11) is -1.56. The van der Waals surface area contributed by atoms with E-state index in [0.717, 1.165) is 38.0 Å². The van der Waals surface area contributed by atoms with Gasteiger partial charge in [0.2, 0.25) is 10.0 Å². The zero-order valence-corrected chi connectivity index (χ0v) is 29.0. The molecule has 3 aliphatic rings. The van der Waals surface area contributed by atoms with E-state index in [-0.39, 0.29) is 23.7 Å². The lowest BCUT2D eigenvalue weighted by Gasteiger charge is -2.40. The highest BCUT2D eigenvalue weighted by Gasteiger charge is 2.39. The van der Waals surface area contributed by atoms with Crippen LogP contribution in [-0.2, 0) is 33.8 Å². The van der Waals surface area contributed by atoms with E-state index in [9.17, 15) is 8.42 Å². The molecule has 4 bridgehead atoms. The second-order valence-corrected chi connectivity index (χ2v) is 17.1. The summed E-state index contributed by atoms with van der Waals surface area (Å²) >= 11 is 0. The average Bonchev–Trinajstić information content (AvgIpc) is 3.30. The van der Waals surface area contributed by atoms with Crippen LogP contribution < -0.4 is 15.4 Å². The predicted octanol–water partition coefficient (Wildman–Crippen LogP) is 4.99. The number of fused-ring (bicyclic) bond motifs is 4. The van der Waals surface area contributed by atoms with E-state index in [1.807, 2.05) is 11.7 Å². The standard InChI is InChI=1S/C34H56N6O3S/c1-22(2)15-27-21-43-30-17-29(31-23(3)11-9-12-24(31)4)35-33(36-30)38-44(41,42)28-14-10-13-25(16-28)18-40(27)20-26-19-39(8)37-32(26)34(5,6)7/h9,11-12,19,22,25,27-30,33,35-36,38H,10,13-18,20-21H2,1-8H3/t25?,27-,28?,29?,30?,33?/m1/s1. The highest BCUT2D eigenvalue weighted by Crippen LogP contribution is 2.34. The molecule has 9 nitrogen and oxygen atoms in total. The number of nitrogens with zero attached hydrogens (tertiary/aromatic N) is 3. The summed E-state index contributed by atoms with van der Waals surface area (Å²) in [4.78, 5) is 2.60. The lowest BCUT2D eigenvalue weighted by Crippen LogP contribution is -2.64. The highest BCUT2D eigenvalue weighted by atomic mass is 32.2. The molecule has 3 heterocycles. The van der Waals surface area contributed by atoms with Crippen LogP contribution in [0.25, 0.3) is 0 Å². The molecule has 1 saturated carbocycles. The minimum Gasteiger partial charge on any atom is -0.362 e. The van der Waals surface area contributed by atoms with Gasteiger partial charge < -0.3 is 4.74 Å². The van der Waals surface area contributed by atoms with Crippen LogP contribution >= 0.6 is 0 Å². The zero-order chi connectivity index (χ0) is 31.8. The molecule has 3 fully saturated rings. The van der Waals surface area contributed by atoms with Crippen molar-refractivity contribution in [3.05, 3.63) is 52.3 Å². The predicted molar refractivity (Wildman–Crippen MR) is 176 cm³/mol. The Bertz CT molecular complexity index is 1360. The van der Waals surface area contributed by atoms with E-state index in [1.54, 1.807) is 0 Å². The van der Waals surface area contributed by atoms with E-state index in [4.69, 9.17) is 9.84 Å². The second-order valence-electron chi connectivity index (χ2n) is 15.1. The van der Waals surface area contributed by atoms with Gasteiger partial charge in [0, 0.05) is 55.8 Å². The normalized spacial score (nSPS) is 30.4. The van der Waals surface area contributed by atoms with Crippen LogP contribution in [0.2, 0.25) is 0 Å². The summed E-state index contributed by atoms with van der Waals surface area (Å²) in [5.74, 6) is 0.799. The minimum absolute atomic E-state index is 0.0382. The molecule has 0 amide bonds. The van der Waals surface area contributed by atoms with Crippen molar-refractivity contribution >= 4 is 10.0 Å². The lowest BCUT2D eigenvalue weighted by molar-refractivity contribution is -0.0484. The van der Waals surface area contributed by atoms with Crippen molar-refractivity contribution in [3.63, 3.8) is 0 Å². The van der Waals surface area contributed by atoms with Gasteiger partial charge in [-0.2, -0.15) is 9.82 Å². The third-order valence-electron chi connectivity index (χ3n) is 9.75.